The maximum atomic E-state index is 13.5. The van der Waals surface area contributed by atoms with Gasteiger partial charge in [-0.3, -0.25) is 9.59 Å². The van der Waals surface area contributed by atoms with Crippen molar-refractivity contribution >= 4 is 11.8 Å². The second-order valence-electron chi connectivity index (χ2n) is 5.10. The molecule has 126 valence electrons. The summed E-state index contributed by atoms with van der Waals surface area (Å²) in [6.07, 6.45) is 0. The Hall–Kier alpha value is -2.73. The number of hydrogen-bond donors (Lipinski definition) is 2. The van der Waals surface area contributed by atoms with E-state index in [9.17, 15) is 14.0 Å². The van der Waals surface area contributed by atoms with E-state index in [1.165, 1.54) is 6.07 Å². The average Bonchev–Trinajstić information content (AvgIpc) is 2.61. The Bertz CT molecular complexity index is 702. The molecule has 0 aromatic heterocycles. The van der Waals surface area contributed by atoms with Crippen LogP contribution in [0.4, 0.5) is 4.39 Å². The van der Waals surface area contributed by atoms with Crippen LogP contribution in [-0.4, -0.2) is 32.1 Å². The van der Waals surface area contributed by atoms with E-state index in [0.717, 1.165) is 0 Å². The zero-order valence-electron chi connectivity index (χ0n) is 13.3. The lowest BCUT2D eigenvalue weighted by Gasteiger charge is -2.08. The van der Waals surface area contributed by atoms with Crippen LogP contribution in [0.5, 0.6) is 0 Å². The fourth-order valence-corrected chi connectivity index (χ4v) is 2.06. The molecule has 2 rings (SSSR count). The quantitative estimate of drug-likeness (QED) is 0.764. The van der Waals surface area contributed by atoms with Gasteiger partial charge in [0.2, 0.25) is 0 Å². The minimum Gasteiger partial charge on any atom is -0.383 e. The third-order valence-corrected chi connectivity index (χ3v) is 3.40. The van der Waals surface area contributed by atoms with Crippen molar-refractivity contribution < 1.29 is 18.7 Å². The molecule has 0 saturated heterocycles. The fraction of sp³-hybridized carbons (Fsp3) is 0.222. The van der Waals surface area contributed by atoms with Crippen LogP contribution < -0.4 is 10.6 Å². The predicted molar refractivity (Wildman–Crippen MR) is 88.2 cm³/mol. The minimum atomic E-state index is -0.360. The Kier molecular flexibility index (Phi) is 6.45. The molecule has 0 fully saturated rings. The van der Waals surface area contributed by atoms with Gasteiger partial charge >= 0.3 is 0 Å². The molecule has 6 heteroatoms. The summed E-state index contributed by atoms with van der Waals surface area (Å²) in [5, 5.41) is 5.35. The first-order valence-electron chi connectivity index (χ1n) is 7.50. The summed E-state index contributed by atoms with van der Waals surface area (Å²) >= 11 is 0. The second kappa shape index (κ2) is 8.79. The average molecular weight is 330 g/mol. The van der Waals surface area contributed by atoms with Gasteiger partial charge in [0.1, 0.15) is 5.82 Å². The van der Waals surface area contributed by atoms with E-state index in [0.29, 0.717) is 29.8 Å². The number of ether oxygens (including phenoxy) is 1. The lowest BCUT2D eigenvalue weighted by Crippen LogP contribution is -2.27. The van der Waals surface area contributed by atoms with Crippen LogP contribution in [-0.2, 0) is 11.3 Å². The van der Waals surface area contributed by atoms with Gasteiger partial charge in [-0.25, -0.2) is 4.39 Å². The molecule has 0 heterocycles. The second-order valence-corrected chi connectivity index (χ2v) is 5.10. The van der Waals surface area contributed by atoms with Gasteiger partial charge in [-0.15, -0.1) is 0 Å². The summed E-state index contributed by atoms with van der Waals surface area (Å²) in [5.41, 5.74) is 1.27. The normalized spacial score (nSPS) is 10.2. The highest BCUT2D eigenvalue weighted by Gasteiger charge is 2.09. The van der Waals surface area contributed by atoms with Crippen molar-refractivity contribution in [1.82, 2.24) is 10.6 Å². The van der Waals surface area contributed by atoms with Crippen molar-refractivity contribution in [3.8, 4) is 0 Å². The maximum absolute atomic E-state index is 13.5. The Morgan fingerprint density at radius 1 is 0.958 bits per heavy atom. The van der Waals surface area contributed by atoms with Crippen molar-refractivity contribution in [2.75, 3.05) is 20.3 Å². The number of nitrogens with one attached hydrogen (secondary N) is 2. The van der Waals surface area contributed by atoms with Crippen LogP contribution in [0.1, 0.15) is 26.3 Å². The van der Waals surface area contributed by atoms with E-state index in [2.05, 4.69) is 10.6 Å². The molecule has 0 aliphatic rings. The molecule has 0 unspecified atom stereocenters. The topological polar surface area (TPSA) is 67.4 Å². The zero-order valence-corrected chi connectivity index (χ0v) is 13.3. The van der Waals surface area contributed by atoms with E-state index < -0.39 is 0 Å². The number of halogens is 1. The van der Waals surface area contributed by atoms with Gasteiger partial charge in [0.15, 0.2) is 0 Å². The van der Waals surface area contributed by atoms with Crippen molar-refractivity contribution in [3.63, 3.8) is 0 Å². The highest BCUT2D eigenvalue weighted by atomic mass is 19.1. The fourth-order valence-electron chi connectivity index (χ4n) is 2.06. The lowest BCUT2D eigenvalue weighted by atomic mass is 10.1. The van der Waals surface area contributed by atoms with Gasteiger partial charge in [0.25, 0.3) is 11.8 Å². The summed E-state index contributed by atoms with van der Waals surface area (Å²) in [6, 6.07) is 12.5. The molecule has 0 spiro atoms. The van der Waals surface area contributed by atoms with Crippen molar-refractivity contribution in [1.29, 1.82) is 0 Å². The molecule has 0 bridgehead atoms. The molecule has 0 aliphatic carbocycles. The maximum Gasteiger partial charge on any atom is 0.251 e. The van der Waals surface area contributed by atoms with Gasteiger partial charge < -0.3 is 15.4 Å². The number of rotatable bonds is 7. The number of amides is 2. The number of benzene rings is 2. The molecule has 0 aliphatic heterocycles. The standard InChI is InChI=1S/C18H19FN2O3/c1-24-11-10-20-17(22)13-6-8-14(9-7-13)18(23)21-12-15-4-2-3-5-16(15)19/h2-9H,10-12H2,1H3,(H,20,22)(H,21,23). The third kappa shape index (κ3) is 4.89. The third-order valence-electron chi connectivity index (χ3n) is 3.40. The van der Waals surface area contributed by atoms with Crippen molar-refractivity contribution in [2.24, 2.45) is 0 Å². The smallest absolute Gasteiger partial charge is 0.251 e. The monoisotopic (exact) mass is 330 g/mol. The van der Waals surface area contributed by atoms with E-state index in [1.54, 1.807) is 49.6 Å². The van der Waals surface area contributed by atoms with Gasteiger partial charge in [0.05, 0.1) is 6.61 Å². The van der Waals surface area contributed by atoms with Gasteiger partial charge in [0, 0.05) is 36.9 Å². The molecule has 5 nitrogen and oxygen atoms in total. The summed E-state index contributed by atoms with van der Waals surface area (Å²) in [7, 11) is 1.56. The minimum absolute atomic E-state index is 0.102. The van der Waals surface area contributed by atoms with E-state index in [-0.39, 0.29) is 24.2 Å². The number of methoxy groups -OCH3 is 1. The van der Waals surface area contributed by atoms with Crippen molar-refractivity contribution in [3.05, 3.63) is 71.0 Å². The first-order valence-corrected chi connectivity index (χ1v) is 7.50. The van der Waals surface area contributed by atoms with Crippen LogP contribution in [0.25, 0.3) is 0 Å². The molecule has 24 heavy (non-hydrogen) atoms. The van der Waals surface area contributed by atoms with Gasteiger partial charge in [-0.2, -0.15) is 0 Å². The van der Waals surface area contributed by atoms with Crippen LogP contribution >= 0.6 is 0 Å². The number of carbonyl (C=O) groups is 2. The van der Waals surface area contributed by atoms with E-state index in [1.807, 2.05) is 0 Å². The van der Waals surface area contributed by atoms with Crippen LogP contribution in [0, 0.1) is 5.82 Å². The van der Waals surface area contributed by atoms with Crippen LogP contribution in [0.2, 0.25) is 0 Å². The Morgan fingerprint density at radius 2 is 1.54 bits per heavy atom. The number of carbonyl (C=O) groups excluding carboxylic acids is 2. The Morgan fingerprint density at radius 3 is 2.12 bits per heavy atom. The van der Waals surface area contributed by atoms with Crippen molar-refractivity contribution in [2.45, 2.75) is 6.54 Å². The summed E-state index contributed by atoms with van der Waals surface area (Å²) in [5.74, 6) is -0.921. The van der Waals surface area contributed by atoms with Crippen LogP contribution in [0.3, 0.4) is 0 Å². The summed E-state index contributed by atoms with van der Waals surface area (Å²) < 4.78 is 18.4. The number of hydrogen-bond acceptors (Lipinski definition) is 3. The lowest BCUT2D eigenvalue weighted by molar-refractivity contribution is 0.0930. The first-order chi connectivity index (χ1) is 11.6. The molecule has 0 atom stereocenters. The largest absolute Gasteiger partial charge is 0.383 e. The van der Waals surface area contributed by atoms with Gasteiger partial charge in [-0.05, 0) is 30.3 Å². The first kappa shape index (κ1) is 17.6. The highest BCUT2D eigenvalue weighted by molar-refractivity contribution is 5.97. The molecule has 2 N–H and O–H groups in total. The molecule has 2 aromatic carbocycles. The molecule has 2 aromatic rings. The molecular weight excluding hydrogens is 311 g/mol. The van der Waals surface area contributed by atoms with E-state index in [4.69, 9.17) is 4.74 Å². The Labute approximate surface area is 139 Å². The highest BCUT2D eigenvalue weighted by Crippen LogP contribution is 2.08. The molecule has 0 radical (unpaired) electrons. The summed E-state index contributed by atoms with van der Waals surface area (Å²) in [6.45, 7) is 0.952. The predicted octanol–water partition coefficient (Wildman–Crippen LogP) is 2.13. The van der Waals surface area contributed by atoms with Crippen LogP contribution in [0.15, 0.2) is 48.5 Å². The SMILES string of the molecule is COCCNC(=O)c1ccc(C(=O)NCc2ccccc2F)cc1. The Balaban J connectivity index is 1.91. The molecule has 2 amide bonds. The molecular formula is C18H19FN2O3. The van der Waals surface area contributed by atoms with E-state index >= 15 is 0 Å². The molecule has 0 saturated carbocycles. The van der Waals surface area contributed by atoms with Gasteiger partial charge in [-0.1, -0.05) is 18.2 Å². The zero-order chi connectivity index (χ0) is 17.4. The summed E-state index contributed by atoms with van der Waals surface area (Å²) in [4.78, 5) is 23.9.